The van der Waals surface area contributed by atoms with Crippen molar-refractivity contribution >= 4 is 21.8 Å². The van der Waals surface area contributed by atoms with Crippen molar-refractivity contribution in [1.82, 2.24) is 24.3 Å². The number of aromatic nitrogens is 4. The summed E-state index contributed by atoms with van der Waals surface area (Å²) < 4.78 is 30.1. The Kier molecular flexibility index (Phi) is 4.94. The molecule has 1 aliphatic carbocycles. The summed E-state index contributed by atoms with van der Waals surface area (Å²) in [6, 6.07) is 1.76. The Hall–Kier alpha value is -2.85. The minimum absolute atomic E-state index is 0.156. The maximum Gasteiger partial charge on any atom is 0.312 e. The van der Waals surface area contributed by atoms with Crippen LogP contribution in [0.25, 0.3) is 5.78 Å². The molecule has 1 aliphatic rings. The second-order valence-electron chi connectivity index (χ2n) is 6.67. The standard InChI is InChI=1S/C18H21N5O4S/c1-5-9-18(11(2)7-6-8-14(18)15(24)25)22-28(26,27)17-20-16-19-12(3)10-13(4)23(16)21-17/h5-10,14,22H,1-4H3,(H,24,25). The zero-order valence-electron chi connectivity index (χ0n) is 15.9. The van der Waals surface area contributed by atoms with Gasteiger partial charge in [-0.05, 0) is 39.3 Å². The fourth-order valence-electron chi connectivity index (χ4n) is 3.33. The Labute approximate surface area is 162 Å². The van der Waals surface area contributed by atoms with Gasteiger partial charge < -0.3 is 5.11 Å². The van der Waals surface area contributed by atoms with Crippen molar-refractivity contribution in [3.05, 3.63) is 53.4 Å². The summed E-state index contributed by atoms with van der Waals surface area (Å²) in [5, 5.41) is 13.3. The smallest absolute Gasteiger partial charge is 0.312 e. The number of allylic oxidation sites excluding steroid dienone is 3. The number of rotatable bonds is 5. The van der Waals surface area contributed by atoms with E-state index in [2.05, 4.69) is 19.8 Å². The number of aliphatic carboxylic acids is 1. The molecule has 2 unspecified atom stereocenters. The van der Waals surface area contributed by atoms with Crippen LogP contribution in [0.15, 0.2) is 47.2 Å². The molecule has 0 fully saturated rings. The monoisotopic (exact) mass is 403 g/mol. The van der Waals surface area contributed by atoms with Gasteiger partial charge in [0.1, 0.15) is 5.92 Å². The first-order valence-corrected chi connectivity index (χ1v) is 10.1. The van der Waals surface area contributed by atoms with Gasteiger partial charge >= 0.3 is 5.97 Å². The number of hydrogen-bond donors (Lipinski definition) is 2. The number of nitrogens with one attached hydrogen (secondary N) is 1. The SMILES string of the molecule is CC=CC1(NS(=O)(=O)c2nc3nc(C)cc(C)n3n2)C(C)=CC=CC1C(=O)O. The number of fused-ring (bicyclic) bond motifs is 1. The van der Waals surface area contributed by atoms with E-state index in [1.807, 2.05) is 0 Å². The Morgan fingerprint density at radius 1 is 1.32 bits per heavy atom. The summed E-state index contributed by atoms with van der Waals surface area (Å²) >= 11 is 0. The van der Waals surface area contributed by atoms with Crippen LogP contribution in [0, 0.1) is 19.8 Å². The summed E-state index contributed by atoms with van der Waals surface area (Å²) in [7, 11) is -4.25. The summed E-state index contributed by atoms with van der Waals surface area (Å²) in [5.74, 6) is -2.12. The van der Waals surface area contributed by atoms with Crippen molar-refractivity contribution in [1.29, 1.82) is 0 Å². The lowest BCUT2D eigenvalue weighted by molar-refractivity contribution is -0.141. The van der Waals surface area contributed by atoms with Gasteiger partial charge in [-0.15, -0.1) is 5.10 Å². The summed E-state index contributed by atoms with van der Waals surface area (Å²) in [5.41, 5.74) is 0.434. The highest BCUT2D eigenvalue weighted by atomic mass is 32.2. The molecule has 3 rings (SSSR count). The minimum Gasteiger partial charge on any atom is -0.481 e. The summed E-state index contributed by atoms with van der Waals surface area (Å²) in [6.45, 7) is 6.91. The molecule has 2 heterocycles. The van der Waals surface area contributed by atoms with Gasteiger partial charge in [0.15, 0.2) is 0 Å². The molecule has 0 saturated carbocycles. The van der Waals surface area contributed by atoms with E-state index in [0.717, 1.165) is 0 Å². The Morgan fingerprint density at radius 2 is 2.04 bits per heavy atom. The molecule has 0 bridgehead atoms. The average Bonchev–Trinajstić information content (AvgIpc) is 3.02. The highest BCUT2D eigenvalue weighted by Crippen LogP contribution is 2.34. The molecular weight excluding hydrogens is 382 g/mol. The molecule has 148 valence electrons. The van der Waals surface area contributed by atoms with Crippen molar-refractivity contribution in [2.75, 3.05) is 0 Å². The third kappa shape index (κ3) is 3.25. The van der Waals surface area contributed by atoms with Gasteiger partial charge in [-0.3, -0.25) is 4.79 Å². The van der Waals surface area contributed by atoms with Crippen LogP contribution in [0.3, 0.4) is 0 Å². The highest BCUT2D eigenvalue weighted by molar-refractivity contribution is 7.89. The van der Waals surface area contributed by atoms with Crippen LogP contribution in [0.5, 0.6) is 0 Å². The lowest BCUT2D eigenvalue weighted by Crippen LogP contribution is -2.55. The van der Waals surface area contributed by atoms with Crippen LogP contribution in [0.1, 0.15) is 25.2 Å². The maximum atomic E-state index is 13.1. The molecule has 28 heavy (non-hydrogen) atoms. The fourth-order valence-corrected chi connectivity index (χ4v) is 4.61. The summed E-state index contributed by atoms with van der Waals surface area (Å²) in [6.07, 6.45) is 7.87. The van der Waals surface area contributed by atoms with Gasteiger partial charge in [-0.25, -0.2) is 17.9 Å². The van der Waals surface area contributed by atoms with Gasteiger partial charge in [0.05, 0.1) is 5.54 Å². The van der Waals surface area contributed by atoms with E-state index in [-0.39, 0.29) is 5.78 Å². The van der Waals surface area contributed by atoms with Crippen molar-refractivity contribution < 1.29 is 18.3 Å². The number of hydrogen-bond acceptors (Lipinski definition) is 6. The lowest BCUT2D eigenvalue weighted by Gasteiger charge is -2.37. The van der Waals surface area contributed by atoms with Gasteiger partial charge in [0.2, 0.25) is 0 Å². The molecule has 0 amide bonds. The van der Waals surface area contributed by atoms with E-state index in [1.54, 1.807) is 52.0 Å². The Balaban J connectivity index is 2.13. The second-order valence-corrected chi connectivity index (χ2v) is 8.25. The third-order valence-electron chi connectivity index (χ3n) is 4.63. The fraction of sp³-hybridized carbons (Fsp3) is 0.333. The van der Waals surface area contributed by atoms with Gasteiger partial charge in [0, 0.05) is 11.4 Å². The Bertz CT molecular complexity index is 1150. The molecule has 2 N–H and O–H groups in total. The van der Waals surface area contributed by atoms with Crippen LogP contribution in [-0.4, -0.2) is 44.6 Å². The van der Waals surface area contributed by atoms with Crippen molar-refractivity contribution in [2.24, 2.45) is 5.92 Å². The molecule has 0 spiro atoms. The van der Waals surface area contributed by atoms with Crippen molar-refractivity contribution in [2.45, 2.75) is 38.4 Å². The normalized spacial score (nSPS) is 22.7. The maximum absolute atomic E-state index is 13.1. The molecule has 2 atom stereocenters. The van der Waals surface area contributed by atoms with Gasteiger partial charge in [-0.2, -0.15) is 9.71 Å². The van der Waals surface area contributed by atoms with E-state index in [4.69, 9.17) is 0 Å². The Morgan fingerprint density at radius 3 is 2.68 bits per heavy atom. The molecule has 2 aromatic heterocycles. The largest absolute Gasteiger partial charge is 0.481 e. The van der Waals surface area contributed by atoms with Gasteiger partial charge in [-0.1, -0.05) is 30.4 Å². The molecule has 2 aromatic rings. The molecule has 0 radical (unpaired) electrons. The average molecular weight is 403 g/mol. The number of aryl methyl sites for hydroxylation is 2. The van der Waals surface area contributed by atoms with Crippen molar-refractivity contribution in [3.63, 3.8) is 0 Å². The van der Waals surface area contributed by atoms with Crippen molar-refractivity contribution in [3.8, 4) is 0 Å². The van der Waals surface area contributed by atoms with Crippen LogP contribution in [-0.2, 0) is 14.8 Å². The van der Waals surface area contributed by atoms with E-state index in [9.17, 15) is 18.3 Å². The minimum atomic E-state index is -4.25. The number of nitrogens with zero attached hydrogens (tertiary/aromatic N) is 4. The number of sulfonamides is 1. The second kappa shape index (κ2) is 6.95. The number of carbonyl (C=O) groups is 1. The van der Waals surface area contributed by atoms with E-state index < -0.39 is 32.6 Å². The predicted octanol–water partition coefficient (Wildman–Crippen LogP) is 1.55. The van der Waals surface area contributed by atoms with E-state index in [1.165, 1.54) is 16.7 Å². The lowest BCUT2D eigenvalue weighted by atomic mass is 9.75. The van der Waals surface area contributed by atoms with Crippen LogP contribution < -0.4 is 4.72 Å². The predicted molar refractivity (Wildman–Crippen MR) is 102 cm³/mol. The zero-order valence-corrected chi connectivity index (χ0v) is 16.7. The molecule has 0 aliphatic heterocycles. The zero-order chi connectivity index (χ0) is 20.7. The van der Waals surface area contributed by atoms with Crippen LogP contribution in [0.2, 0.25) is 0 Å². The number of carboxylic acids is 1. The molecule has 10 heteroatoms. The molecule has 0 saturated heterocycles. The number of carboxylic acid groups (broad SMARTS) is 1. The topological polar surface area (TPSA) is 127 Å². The molecular formula is C18H21N5O4S. The third-order valence-corrected chi connectivity index (χ3v) is 5.89. The quantitative estimate of drug-likeness (QED) is 0.725. The van der Waals surface area contributed by atoms with E-state index >= 15 is 0 Å². The van der Waals surface area contributed by atoms with Crippen LogP contribution >= 0.6 is 0 Å². The first kappa shape index (κ1) is 19.9. The summed E-state index contributed by atoms with van der Waals surface area (Å²) in [4.78, 5) is 20.1. The van der Waals surface area contributed by atoms with Gasteiger partial charge in [0.25, 0.3) is 21.0 Å². The molecule has 9 nitrogen and oxygen atoms in total. The highest BCUT2D eigenvalue weighted by Gasteiger charge is 2.46. The van der Waals surface area contributed by atoms with Crippen LogP contribution in [0.4, 0.5) is 0 Å². The van der Waals surface area contributed by atoms with E-state index in [0.29, 0.717) is 17.0 Å². The first-order chi connectivity index (χ1) is 13.1. The first-order valence-electron chi connectivity index (χ1n) is 8.58. The molecule has 0 aromatic carbocycles.